The third-order valence-electron chi connectivity index (χ3n) is 2.91. The molecular formula is C16H16N2O. The largest absolute Gasteiger partial charge is 0.396 e. The second-order valence-corrected chi connectivity index (χ2v) is 4.34. The van der Waals surface area contributed by atoms with E-state index in [0.29, 0.717) is 18.5 Å². The topological polar surface area (TPSA) is 56.0 Å². The first-order valence-corrected chi connectivity index (χ1v) is 6.24. The summed E-state index contributed by atoms with van der Waals surface area (Å²) < 4.78 is 0. The van der Waals surface area contributed by atoms with Gasteiger partial charge in [0.05, 0.1) is 11.6 Å². The molecule has 96 valence electrons. The minimum absolute atomic E-state index is 0.174. The number of aliphatic hydroxyl groups is 1. The minimum atomic E-state index is 0.174. The standard InChI is InChI=1S/C16H16N2O/c17-11-14-2-1-3-15(10-14)12-18-16-6-4-13(5-7-16)8-9-19/h1-7,10,18-19H,8-9,12H2. The highest BCUT2D eigenvalue weighted by Gasteiger charge is 1.97. The van der Waals surface area contributed by atoms with Gasteiger partial charge >= 0.3 is 0 Å². The van der Waals surface area contributed by atoms with E-state index in [0.717, 1.165) is 16.8 Å². The molecule has 0 atom stereocenters. The van der Waals surface area contributed by atoms with Crippen LogP contribution in [0.4, 0.5) is 5.69 Å². The molecule has 2 N–H and O–H groups in total. The summed E-state index contributed by atoms with van der Waals surface area (Å²) in [5, 5.41) is 21.0. The van der Waals surface area contributed by atoms with Gasteiger partial charge in [0.15, 0.2) is 0 Å². The maximum absolute atomic E-state index is 8.85. The van der Waals surface area contributed by atoms with Crippen molar-refractivity contribution in [2.24, 2.45) is 0 Å². The maximum atomic E-state index is 8.85. The molecule has 0 radical (unpaired) electrons. The number of hydrogen-bond donors (Lipinski definition) is 2. The summed E-state index contributed by atoms with van der Waals surface area (Å²) in [5.41, 5.74) is 3.92. The number of aliphatic hydroxyl groups excluding tert-OH is 1. The number of rotatable bonds is 5. The quantitative estimate of drug-likeness (QED) is 0.860. The normalized spacial score (nSPS) is 9.89. The molecule has 0 aliphatic heterocycles. The number of nitriles is 1. The molecule has 0 unspecified atom stereocenters. The molecule has 2 aromatic rings. The molecule has 0 aliphatic rings. The number of benzene rings is 2. The van der Waals surface area contributed by atoms with Gasteiger partial charge in [-0.1, -0.05) is 24.3 Å². The fraction of sp³-hybridized carbons (Fsp3) is 0.188. The summed E-state index contributed by atoms with van der Waals surface area (Å²) >= 11 is 0. The number of nitrogens with one attached hydrogen (secondary N) is 1. The number of anilines is 1. The monoisotopic (exact) mass is 252 g/mol. The maximum Gasteiger partial charge on any atom is 0.0991 e. The molecule has 3 nitrogen and oxygen atoms in total. The van der Waals surface area contributed by atoms with Crippen molar-refractivity contribution in [1.82, 2.24) is 0 Å². The van der Waals surface area contributed by atoms with Crippen LogP contribution in [0.3, 0.4) is 0 Å². The molecular weight excluding hydrogens is 236 g/mol. The van der Waals surface area contributed by atoms with E-state index in [1.165, 1.54) is 0 Å². The molecule has 0 saturated carbocycles. The Hall–Kier alpha value is -2.31. The van der Waals surface area contributed by atoms with Gasteiger partial charge in [-0.25, -0.2) is 0 Å². The zero-order chi connectivity index (χ0) is 13.5. The Kier molecular flexibility index (Phi) is 4.54. The predicted octanol–water partition coefficient (Wildman–Crippen LogP) is 2.71. The first kappa shape index (κ1) is 13.1. The smallest absolute Gasteiger partial charge is 0.0991 e. The molecule has 3 heteroatoms. The average molecular weight is 252 g/mol. The third-order valence-corrected chi connectivity index (χ3v) is 2.91. The van der Waals surface area contributed by atoms with Gasteiger partial charge < -0.3 is 10.4 Å². The lowest BCUT2D eigenvalue weighted by Gasteiger charge is -2.07. The van der Waals surface area contributed by atoms with Gasteiger partial charge in [0.25, 0.3) is 0 Å². The SMILES string of the molecule is N#Cc1cccc(CNc2ccc(CCO)cc2)c1. The summed E-state index contributed by atoms with van der Waals surface area (Å²) in [6.45, 7) is 0.864. The van der Waals surface area contributed by atoms with Crippen LogP contribution in [0.2, 0.25) is 0 Å². The molecule has 0 aromatic heterocycles. The van der Waals surface area contributed by atoms with Crippen LogP contribution >= 0.6 is 0 Å². The van der Waals surface area contributed by atoms with Crippen LogP contribution in [0.1, 0.15) is 16.7 Å². The van der Waals surface area contributed by atoms with Gasteiger partial charge in [0, 0.05) is 18.8 Å². The van der Waals surface area contributed by atoms with E-state index in [1.807, 2.05) is 42.5 Å². The second-order valence-electron chi connectivity index (χ2n) is 4.34. The Labute approximate surface area is 113 Å². The minimum Gasteiger partial charge on any atom is -0.396 e. The van der Waals surface area contributed by atoms with E-state index in [9.17, 15) is 0 Å². The Morgan fingerprint density at radius 2 is 1.84 bits per heavy atom. The molecule has 2 aromatic carbocycles. The highest BCUT2D eigenvalue weighted by molar-refractivity contribution is 5.45. The Morgan fingerprint density at radius 1 is 1.05 bits per heavy atom. The fourth-order valence-corrected chi connectivity index (χ4v) is 1.87. The van der Waals surface area contributed by atoms with Crippen molar-refractivity contribution in [1.29, 1.82) is 5.26 Å². The van der Waals surface area contributed by atoms with Gasteiger partial charge in [-0.05, 0) is 41.8 Å². The highest BCUT2D eigenvalue weighted by Crippen LogP contribution is 2.12. The lowest BCUT2D eigenvalue weighted by atomic mass is 10.1. The third kappa shape index (κ3) is 3.84. The Balaban J connectivity index is 1.96. The lowest BCUT2D eigenvalue weighted by Crippen LogP contribution is -2.00. The molecule has 0 fully saturated rings. The van der Waals surface area contributed by atoms with E-state index in [1.54, 1.807) is 6.07 Å². The zero-order valence-electron chi connectivity index (χ0n) is 10.6. The molecule has 0 aliphatic carbocycles. The van der Waals surface area contributed by atoms with Crippen molar-refractivity contribution in [2.75, 3.05) is 11.9 Å². The highest BCUT2D eigenvalue weighted by atomic mass is 16.2. The van der Waals surface area contributed by atoms with Crippen LogP contribution in [0.15, 0.2) is 48.5 Å². The van der Waals surface area contributed by atoms with Crippen molar-refractivity contribution in [3.05, 3.63) is 65.2 Å². The Morgan fingerprint density at radius 3 is 2.53 bits per heavy atom. The first-order valence-electron chi connectivity index (χ1n) is 6.24. The van der Waals surface area contributed by atoms with Crippen molar-refractivity contribution in [2.45, 2.75) is 13.0 Å². The van der Waals surface area contributed by atoms with Gasteiger partial charge in [0.2, 0.25) is 0 Å². The lowest BCUT2D eigenvalue weighted by molar-refractivity contribution is 0.299. The fourth-order valence-electron chi connectivity index (χ4n) is 1.87. The van der Waals surface area contributed by atoms with E-state index < -0.39 is 0 Å². The van der Waals surface area contributed by atoms with E-state index in [2.05, 4.69) is 11.4 Å². The number of nitrogens with zero attached hydrogens (tertiary/aromatic N) is 1. The van der Waals surface area contributed by atoms with Crippen LogP contribution in [-0.4, -0.2) is 11.7 Å². The summed E-state index contributed by atoms with van der Waals surface area (Å²) in [7, 11) is 0. The summed E-state index contributed by atoms with van der Waals surface area (Å²) in [5.74, 6) is 0. The molecule has 0 amide bonds. The van der Waals surface area contributed by atoms with Gasteiger partial charge in [0.1, 0.15) is 0 Å². The van der Waals surface area contributed by atoms with Crippen molar-refractivity contribution < 1.29 is 5.11 Å². The van der Waals surface area contributed by atoms with Crippen LogP contribution in [0.5, 0.6) is 0 Å². The molecule has 19 heavy (non-hydrogen) atoms. The van der Waals surface area contributed by atoms with E-state index in [-0.39, 0.29) is 6.61 Å². The van der Waals surface area contributed by atoms with Gasteiger partial charge in [-0.2, -0.15) is 5.26 Å². The molecule has 2 rings (SSSR count). The summed E-state index contributed by atoms with van der Waals surface area (Å²) in [6, 6.07) is 17.7. The number of hydrogen-bond acceptors (Lipinski definition) is 3. The van der Waals surface area contributed by atoms with Gasteiger partial charge in [-0.3, -0.25) is 0 Å². The Bertz CT molecular complexity index is 570. The van der Waals surface area contributed by atoms with E-state index in [4.69, 9.17) is 10.4 Å². The van der Waals surface area contributed by atoms with E-state index >= 15 is 0 Å². The van der Waals surface area contributed by atoms with Crippen molar-refractivity contribution in [3.8, 4) is 6.07 Å². The average Bonchev–Trinajstić information content (AvgIpc) is 2.47. The zero-order valence-corrected chi connectivity index (χ0v) is 10.6. The van der Waals surface area contributed by atoms with Crippen molar-refractivity contribution in [3.63, 3.8) is 0 Å². The molecule has 0 heterocycles. The van der Waals surface area contributed by atoms with Crippen LogP contribution in [0, 0.1) is 11.3 Å². The summed E-state index contributed by atoms with van der Waals surface area (Å²) in [6.07, 6.45) is 0.685. The van der Waals surface area contributed by atoms with Crippen LogP contribution in [-0.2, 0) is 13.0 Å². The molecule has 0 spiro atoms. The van der Waals surface area contributed by atoms with Crippen LogP contribution in [0.25, 0.3) is 0 Å². The summed E-state index contributed by atoms with van der Waals surface area (Å²) in [4.78, 5) is 0. The molecule has 0 saturated heterocycles. The van der Waals surface area contributed by atoms with Crippen LogP contribution < -0.4 is 5.32 Å². The molecule has 0 bridgehead atoms. The first-order chi connectivity index (χ1) is 9.31. The predicted molar refractivity (Wildman–Crippen MR) is 75.7 cm³/mol. The van der Waals surface area contributed by atoms with Crippen molar-refractivity contribution >= 4 is 5.69 Å². The van der Waals surface area contributed by atoms with Gasteiger partial charge in [-0.15, -0.1) is 0 Å². The second kappa shape index (κ2) is 6.58.